The van der Waals surface area contributed by atoms with E-state index in [1.54, 1.807) is 19.2 Å². The molecule has 3 rings (SSSR count). The molecule has 0 fully saturated rings. The molecule has 0 spiro atoms. The van der Waals surface area contributed by atoms with Gasteiger partial charge in [0, 0.05) is 25.7 Å². The van der Waals surface area contributed by atoms with Crippen LogP contribution in [0.5, 0.6) is 5.75 Å². The average Bonchev–Trinajstić information content (AvgIpc) is 2.63. The number of aromatic hydroxyl groups is 1. The van der Waals surface area contributed by atoms with E-state index in [2.05, 4.69) is 15.6 Å². The number of benzene rings is 2. The Labute approximate surface area is 147 Å². The highest BCUT2D eigenvalue weighted by Crippen LogP contribution is 2.30. The highest BCUT2D eigenvalue weighted by atomic mass is 19.1. The zero-order valence-electron chi connectivity index (χ0n) is 14.5. The second kappa shape index (κ2) is 8.01. The van der Waals surface area contributed by atoms with E-state index in [4.69, 9.17) is 0 Å². The SMILES string of the molecule is CN=C(NCc1cccc(F)c1)NCc1c(O)ccc2c1CCCC2. The number of fused-ring (bicyclic) bond motifs is 1. The van der Waals surface area contributed by atoms with Gasteiger partial charge in [-0.15, -0.1) is 0 Å². The van der Waals surface area contributed by atoms with Crippen LogP contribution in [0.15, 0.2) is 41.4 Å². The van der Waals surface area contributed by atoms with Crippen molar-refractivity contribution >= 4 is 5.96 Å². The Morgan fingerprint density at radius 2 is 1.92 bits per heavy atom. The van der Waals surface area contributed by atoms with Crippen molar-refractivity contribution in [1.29, 1.82) is 0 Å². The molecule has 1 aliphatic carbocycles. The van der Waals surface area contributed by atoms with Crippen molar-refractivity contribution in [1.82, 2.24) is 10.6 Å². The van der Waals surface area contributed by atoms with Crippen LogP contribution in [0.1, 0.15) is 35.1 Å². The van der Waals surface area contributed by atoms with Crippen molar-refractivity contribution < 1.29 is 9.50 Å². The van der Waals surface area contributed by atoms with Crippen molar-refractivity contribution in [3.8, 4) is 5.75 Å². The Bertz CT molecular complexity index is 774. The fraction of sp³-hybridized carbons (Fsp3) is 0.350. The maximum Gasteiger partial charge on any atom is 0.191 e. The van der Waals surface area contributed by atoms with E-state index in [0.717, 1.165) is 30.4 Å². The lowest BCUT2D eigenvalue weighted by atomic mass is 9.88. The number of aliphatic imine (C=N–C) groups is 1. The van der Waals surface area contributed by atoms with Gasteiger partial charge in [-0.3, -0.25) is 4.99 Å². The zero-order chi connectivity index (χ0) is 17.6. The number of halogens is 1. The van der Waals surface area contributed by atoms with Gasteiger partial charge in [-0.1, -0.05) is 18.2 Å². The van der Waals surface area contributed by atoms with Gasteiger partial charge in [0.1, 0.15) is 11.6 Å². The van der Waals surface area contributed by atoms with Gasteiger partial charge in [0.2, 0.25) is 0 Å². The average molecular weight is 341 g/mol. The largest absolute Gasteiger partial charge is 0.508 e. The first kappa shape index (κ1) is 17.3. The molecule has 0 aliphatic heterocycles. The van der Waals surface area contributed by atoms with Crippen LogP contribution in [0.4, 0.5) is 4.39 Å². The van der Waals surface area contributed by atoms with E-state index >= 15 is 0 Å². The summed E-state index contributed by atoms with van der Waals surface area (Å²) in [5.74, 6) is 0.703. The van der Waals surface area contributed by atoms with Gasteiger partial charge in [0.05, 0.1) is 0 Å². The minimum absolute atomic E-state index is 0.247. The maximum absolute atomic E-state index is 13.2. The maximum atomic E-state index is 13.2. The third-order valence-electron chi connectivity index (χ3n) is 4.63. The van der Waals surface area contributed by atoms with E-state index in [0.29, 0.717) is 24.8 Å². The predicted octanol–water partition coefficient (Wildman–Crippen LogP) is 3.28. The molecule has 3 N–H and O–H groups in total. The van der Waals surface area contributed by atoms with Crippen LogP contribution < -0.4 is 10.6 Å². The van der Waals surface area contributed by atoms with E-state index in [1.165, 1.54) is 29.7 Å². The van der Waals surface area contributed by atoms with E-state index < -0.39 is 0 Å². The number of hydrogen-bond donors (Lipinski definition) is 3. The summed E-state index contributed by atoms with van der Waals surface area (Å²) in [6.07, 6.45) is 4.46. The van der Waals surface area contributed by atoms with Crippen LogP contribution in [-0.4, -0.2) is 18.1 Å². The fourth-order valence-electron chi connectivity index (χ4n) is 3.31. The van der Waals surface area contributed by atoms with Gasteiger partial charge < -0.3 is 15.7 Å². The molecule has 0 atom stereocenters. The smallest absolute Gasteiger partial charge is 0.191 e. The first-order chi connectivity index (χ1) is 12.2. The Morgan fingerprint density at radius 1 is 1.12 bits per heavy atom. The predicted molar refractivity (Wildman–Crippen MR) is 98.2 cm³/mol. The minimum atomic E-state index is -0.247. The second-order valence-corrected chi connectivity index (χ2v) is 6.32. The van der Waals surface area contributed by atoms with Crippen molar-refractivity contribution in [3.63, 3.8) is 0 Å². The fourth-order valence-corrected chi connectivity index (χ4v) is 3.31. The standard InChI is InChI=1S/C20H24FN3O/c1-22-20(23-12-14-5-4-7-16(21)11-14)24-13-18-17-8-3-2-6-15(17)9-10-19(18)25/h4-5,7,9-11,25H,2-3,6,8,12-13H2,1H3,(H2,22,23,24). The van der Waals surface area contributed by atoms with E-state index in [9.17, 15) is 9.50 Å². The van der Waals surface area contributed by atoms with Gasteiger partial charge >= 0.3 is 0 Å². The zero-order valence-corrected chi connectivity index (χ0v) is 14.5. The number of guanidine groups is 1. The lowest BCUT2D eigenvalue weighted by molar-refractivity contribution is 0.464. The van der Waals surface area contributed by atoms with Crippen molar-refractivity contribution in [2.24, 2.45) is 4.99 Å². The summed E-state index contributed by atoms with van der Waals surface area (Å²) in [7, 11) is 1.70. The highest BCUT2D eigenvalue weighted by molar-refractivity contribution is 5.79. The van der Waals surface area contributed by atoms with Gasteiger partial charge in [0.15, 0.2) is 5.96 Å². The summed E-state index contributed by atoms with van der Waals surface area (Å²) in [6, 6.07) is 10.3. The molecule has 2 aromatic carbocycles. The molecule has 0 aromatic heterocycles. The first-order valence-electron chi connectivity index (χ1n) is 8.69. The van der Waals surface area contributed by atoms with Crippen LogP contribution in [0.2, 0.25) is 0 Å². The first-order valence-corrected chi connectivity index (χ1v) is 8.69. The Hall–Kier alpha value is -2.56. The van der Waals surface area contributed by atoms with E-state index in [-0.39, 0.29) is 5.82 Å². The number of phenols is 1. The molecule has 0 radical (unpaired) electrons. The van der Waals surface area contributed by atoms with Gasteiger partial charge in [0.25, 0.3) is 0 Å². The highest BCUT2D eigenvalue weighted by Gasteiger charge is 2.16. The molecule has 0 saturated heterocycles. The van der Waals surface area contributed by atoms with Crippen LogP contribution >= 0.6 is 0 Å². The summed E-state index contributed by atoms with van der Waals surface area (Å²) in [5.41, 5.74) is 4.40. The number of rotatable bonds is 4. The van der Waals surface area contributed by atoms with Crippen molar-refractivity contribution in [2.45, 2.75) is 38.8 Å². The number of nitrogens with one attached hydrogen (secondary N) is 2. The number of hydrogen-bond acceptors (Lipinski definition) is 2. The number of phenolic OH excluding ortho intramolecular Hbond substituents is 1. The van der Waals surface area contributed by atoms with Gasteiger partial charge in [-0.2, -0.15) is 0 Å². The molecule has 1 aliphatic rings. The molecule has 25 heavy (non-hydrogen) atoms. The topological polar surface area (TPSA) is 56.7 Å². The molecular weight excluding hydrogens is 317 g/mol. The summed E-state index contributed by atoms with van der Waals surface area (Å²) in [5, 5.41) is 16.7. The lowest BCUT2D eigenvalue weighted by Crippen LogP contribution is -2.36. The van der Waals surface area contributed by atoms with Crippen molar-refractivity contribution in [3.05, 3.63) is 64.5 Å². The van der Waals surface area contributed by atoms with Crippen LogP contribution in [-0.2, 0) is 25.9 Å². The monoisotopic (exact) mass is 341 g/mol. The minimum Gasteiger partial charge on any atom is -0.508 e. The lowest BCUT2D eigenvalue weighted by Gasteiger charge is -2.21. The molecule has 4 nitrogen and oxygen atoms in total. The van der Waals surface area contributed by atoms with Crippen LogP contribution in [0.25, 0.3) is 0 Å². The van der Waals surface area contributed by atoms with Crippen LogP contribution in [0.3, 0.4) is 0 Å². The molecule has 0 amide bonds. The number of aryl methyl sites for hydroxylation is 1. The molecule has 0 heterocycles. The summed E-state index contributed by atoms with van der Waals surface area (Å²) in [4.78, 5) is 4.20. The van der Waals surface area contributed by atoms with Gasteiger partial charge in [-0.25, -0.2) is 4.39 Å². The third-order valence-corrected chi connectivity index (χ3v) is 4.63. The normalized spacial score (nSPS) is 14.1. The van der Waals surface area contributed by atoms with Crippen molar-refractivity contribution in [2.75, 3.05) is 7.05 Å². The summed E-state index contributed by atoms with van der Waals surface area (Å²) in [6.45, 7) is 0.994. The van der Waals surface area contributed by atoms with Gasteiger partial charge in [-0.05, 0) is 60.6 Å². The molecule has 132 valence electrons. The molecule has 0 saturated carbocycles. The summed E-state index contributed by atoms with van der Waals surface area (Å²) < 4.78 is 13.2. The number of nitrogens with zero attached hydrogens (tertiary/aromatic N) is 1. The Balaban J connectivity index is 1.64. The molecular formula is C20H24FN3O. The summed E-state index contributed by atoms with van der Waals surface area (Å²) >= 11 is 0. The van der Waals surface area contributed by atoms with E-state index in [1.807, 2.05) is 12.1 Å². The second-order valence-electron chi connectivity index (χ2n) is 6.32. The van der Waals surface area contributed by atoms with Crippen LogP contribution in [0, 0.1) is 5.82 Å². The third kappa shape index (κ3) is 4.29. The molecule has 2 aromatic rings. The molecule has 0 bridgehead atoms. The quantitative estimate of drug-likeness (QED) is 0.591. The Kier molecular flexibility index (Phi) is 5.53. The molecule has 0 unspecified atom stereocenters. The Morgan fingerprint density at radius 3 is 2.72 bits per heavy atom. The molecule has 5 heteroatoms.